The Morgan fingerprint density at radius 2 is 1.68 bits per heavy atom. The highest BCUT2D eigenvalue weighted by atomic mass is 19.2. The molecule has 0 bridgehead atoms. The van der Waals surface area contributed by atoms with Crippen LogP contribution in [0, 0.1) is 23.3 Å². The number of halogens is 4. The Bertz CT molecular complexity index is 807. The van der Waals surface area contributed by atoms with Gasteiger partial charge < -0.3 is 15.0 Å². The van der Waals surface area contributed by atoms with Gasteiger partial charge in [0.25, 0.3) is 5.91 Å². The SMILES string of the molecule is O=C(Nc1ccccc1N1CCOCC1)c1cc(F)c(F)c(F)c1F. The molecular weight excluding hydrogens is 340 g/mol. The van der Waals surface area contributed by atoms with Crippen molar-refractivity contribution in [2.75, 3.05) is 36.5 Å². The second-order valence-corrected chi connectivity index (χ2v) is 5.42. The van der Waals surface area contributed by atoms with Crippen LogP contribution >= 0.6 is 0 Å². The number of amides is 1. The number of carbonyl (C=O) groups is 1. The highest BCUT2D eigenvalue weighted by molar-refractivity contribution is 6.06. The molecule has 1 saturated heterocycles. The van der Waals surface area contributed by atoms with E-state index in [1.54, 1.807) is 24.3 Å². The monoisotopic (exact) mass is 354 g/mol. The van der Waals surface area contributed by atoms with Gasteiger partial charge >= 0.3 is 0 Å². The zero-order valence-corrected chi connectivity index (χ0v) is 13.0. The first-order valence-corrected chi connectivity index (χ1v) is 7.55. The summed E-state index contributed by atoms with van der Waals surface area (Å²) in [5.74, 6) is -8.42. The number of hydrogen-bond acceptors (Lipinski definition) is 3. The van der Waals surface area contributed by atoms with Gasteiger partial charge in [-0.3, -0.25) is 4.79 Å². The van der Waals surface area contributed by atoms with Crippen molar-refractivity contribution in [1.82, 2.24) is 0 Å². The Balaban J connectivity index is 1.89. The predicted octanol–water partition coefficient (Wildman–Crippen LogP) is 3.33. The molecule has 0 atom stereocenters. The first-order valence-electron chi connectivity index (χ1n) is 7.55. The average Bonchev–Trinajstić information content (AvgIpc) is 2.64. The molecular formula is C17H14F4N2O2. The lowest BCUT2D eigenvalue weighted by Crippen LogP contribution is -2.36. The first-order chi connectivity index (χ1) is 12.0. The van der Waals surface area contributed by atoms with Gasteiger partial charge in [-0.15, -0.1) is 0 Å². The molecule has 132 valence electrons. The number of anilines is 2. The van der Waals surface area contributed by atoms with Crippen molar-refractivity contribution in [3.05, 3.63) is 59.2 Å². The molecule has 0 unspecified atom stereocenters. The lowest BCUT2D eigenvalue weighted by molar-refractivity contribution is 0.102. The van der Waals surface area contributed by atoms with Crippen LogP contribution in [0.1, 0.15) is 10.4 Å². The summed E-state index contributed by atoms with van der Waals surface area (Å²) in [7, 11) is 0. The quantitative estimate of drug-likeness (QED) is 0.522. The van der Waals surface area contributed by atoms with E-state index in [4.69, 9.17) is 4.74 Å². The molecule has 0 aliphatic carbocycles. The number of morpholine rings is 1. The second-order valence-electron chi connectivity index (χ2n) is 5.42. The first kappa shape index (κ1) is 17.2. The van der Waals surface area contributed by atoms with E-state index in [0.29, 0.717) is 43.7 Å². The molecule has 1 heterocycles. The van der Waals surface area contributed by atoms with Crippen molar-refractivity contribution in [2.24, 2.45) is 0 Å². The molecule has 0 radical (unpaired) electrons. The molecule has 0 saturated carbocycles. The number of rotatable bonds is 3. The van der Waals surface area contributed by atoms with Crippen molar-refractivity contribution in [1.29, 1.82) is 0 Å². The number of nitrogens with zero attached hydrogens (tertiary/aromatic N) is 1. The van der Waals surface area contributed by atoms with Crippen molar-refractivity contribution < 1.29 is 27.1 Å². The summed E-state index contributed by atoms with van der Waals surface area (Å²) in [6.07, 6.45) is 0. The molecule has 4 nitrogen and oxygen atoms in total. The van der Waals surface area contributed by atoms with Crippen LogP contribution in [0.15, 0.2) is 30.3 Å². The number of hydrogen-bond donors (Lipinski definition) is 1. The molecule has 1 amide bonds. The maximum absolute atomic E-state index is 13.8. The summed E-state index contributed by atoms with van der Waals surface area (Å²) < 4.78 is 58.7. The van der Waals surface area contributed by atoms with Crippen molar-refractivity contribution >= 4 is 17.3 Å². The van der Waals surface area contributed by atoms with Crippen LogP contribution in [0.4, 0.5) is 28.9 Å². The molecule has 3 rings (SSSR count). The van der Waals surface area contributed by atoms with Gasteiger partial charge in [-0.05, 0) is 18.2 Å². The van der Waals surface area contributed by atoms with Crippen LogP contribution in [0.2, 0.25) is 0 Å². The van der Waals surface area contributed by atoms with E-state index < -0.39 is 34.7 Å². The molecule has 1 fully saturated rings. The Morgan fingerprint density at radius 3 is 2.40 bits per heavy atom. The standard InChI is InChI=1S/C17H14F4N2O2/c18-11-9-10(14(19)16(21)15(11)20)17(24)22-12-3-1-2-4-13(12)23-5-7-25-8-6-23/h1-4,9H,5-8H2,(H,22,24). The van der Waals surface area contributed by atoms with E-state index in [1.165, 1.54) is 0 Å². The highest BCUT2D eigenvalue weighted by Gasteiger charge is 2.24. The summed E-state index contributed by atoms with van der Waals surface area (Å²) in [5.41, 5.74) is 0.106. The minimum Gasteiger partial charge on any atom is -0.378 e. The lowest BCUT2D eigenvalue weighted by Gasteiger charge is -2.30. The Hall–Kier alpha value is -2.61. The topological polar surface area (TPSA) is 41.6 Å². The van der Waals surface area contributed by atoms with Gasteiger partial charge in [0.1, 0.15) is 0 Å². The average molecular weight is 354 g/mol. The molecule has 0 spiro atoms. The zero-order valence-electron chi connectivity index (χ0n) is 13.0. The second kappa shape index (κ2) is 7.10. The maximum atomic E-state index is 13.8. The van der Waals surface area contributed by atoms with Gasteiger partial charge in [0.05, 0.1) is 30.2 Å². The Morgan fingerprint density at radius 1 is 1.00 bits per heavy atom. The minimum atomic E-state index is -2.02. The van der Waals surface area contributed by atoms with Gasteiger partial charge in [-0.1, -0.05) is 12.1 Å². The third-order valence-electron chi connectivity index (χ3n) is 3.85. The van der Waals surface area contributed by atoms with Crippen LogP contribution in [-0.4, -0.2) is 32.2 Å². The van der Waals surface area contributed by atoms with Gasteiger partial charge in [0.2, 0.25) is 0 Å². The highest BCUT2D eigenvalue weighted by Crippen LogP contribution is 2.27. The number of benzene rings is 2. The van der Waals surface area contributed by atoms with Crippen LogP contribution in [-0.2, 0) is 4.74 Å². The van der Waals surface area contributed by atoms with Crippen molar-refractivity contribution in [3.63, 3.8) is 0 Å². The number of para-hydroxylation sites is 2. The van der Waals surface area contributed by atoms with E-state index in [9.17, 15) is 22.4 Å². The van der Waals surface area contributed by atoms with Gasteiger partial charge in [-0.2, -0.15) is 0 Å². The summed E-state index contributed by atoms with van der Waals surface area (Å²) >= 11 is 0. The third kappa shape index (κ3) is 3.43. The lowest BCUT2D eigenvalue weighted by atomic mass is 10.1. The van der Waals surface area contributed by atoms with Crippen LogP contribution in [0.25, 0.3) is 0 Å². The van der Waals surface area contributed by atoms with Crippen LogP contribution in [0.5, 0.6) is 0 Å². The fraction of sp³-hybridized carbons (Fsp3) is 0.235. The van der Waals surface area contributed by atoms with Gasteiger partial charge in [0.15, 0.2) is 23.3 Å². The molecule has 25 heavy (non-hydrogen) atoms. The number of nitrogens with one attached hydrogen (secondary N) is 1. The summed E-state index contributed by atoms with van der Waals surface area (Å²) in [6.45, 7) is 2.23. The van der Waals surface area contributed by atoms with Gasteiger partial charge in [0, 0.05) is 13.1 Å². The fourth-order valence-corrected chi connectivity index (χ4v) is 2.59. The third-order valence-corrected chi connectivity index (χ3v) is 3.85. The Labute approximate surface area is 141 Å². The zero-order chi connectivity index (χ0) is 18.0. The Kier molecular flexibility index (Phi) is 4.89. The van der Waals surface area contributed by atoms with Crippen molar-refractivity contribution in [3.8, 4) is 0 Å². The maximum Gasteiger partial charge on any atom is 0.258 e. The van der Waals surface area contributed by atoms with E-state index in [-0.39, 0.29) is 0 Å². The van der Waals surface area contributed by atoms with E-state index in [1.807, 2.05) is 4.90 Å². The molecule has 1 aliphatic rings. The number of carbonyl (C=O) groups excluding carboxylic acids is 1. The fourth-order valence-electron chi connectivity index (χ4n) is 2.59. The van der Waals surface area contributed by atoms with Crippen LogP contribution in [0.3, 0.4) is 0 Å². The number of ether oxygens (including phenoxy) is 1. The normalized spacial score (nSPS) is 14.5. The van der Waals surface area contributed by atoms with Crippen LogP contribution < -0.4 is 10.2 Å². The summed E-state index contributed by atoms with van der Waals surface area (Å²) in [4.78, 5) is 14.2. The molecule has 8 heteroatoms. The van der Waals surface area contributed by atoms with E-state index in [0.717, 1.165) is 0 Å². The molecule has 1 aliphatic heterocycles. The summed E-state index contributed by atoms with van der Waals surface area (Å²) in [5, 5.41) is 2.42. The van der Waals surface area contributed by atoms with E-state index in [2.05, 4.69) is 5.32 Å². The summed E-state index contributed by atoms with van der Waals surface area (Å²) in [6, 6.07) is 7.08. The molecule has 0 aromatic heterocycles. The smallest absolute Gasteiger partial charge is 0.258 e. The molecule has 2 aromatic rings. The van der Waals surface area contributed by atoms with E-state index >= 15 is 0 Å². The van der Waals surface area contributed by atoms with Crippen molar-refractivity contribution in [2.45, 2.75) is 0 Å². The molecule has 2 aromatic carbocycles. The van der Waals surface area contributed by atoms with Gasteiger partial charge in [-0.25, -0.2) is 17.6 Å². The largest absolute Gasteiger partial charge is 0.378 e. The predicted molar refractivity (Wildman–Crippen MR) is 83.7 cm³/mol. The molecule has 1 N–H and O–H groups in total. The minimum absolute atomic E-state index is 0.334.